The summed E-state index contributed by atoms with van der Waals surface area (Å²) in [7, 11) is 1.66. The fourth-order valence-electron chi connectivity index (χ4n) is 1.92. The van der Waals surface area contributed by atoms with Crippen molar-refractivity contribution in [1.82, 2.24) is 5.32 Å². The van der Waals surface area contributed by atoms with Crippen LogP contribution in [0.2, 0.25) is 0 Å². The van der Waals surface area contributed by atoms with Gasteiger partial charge in [-0.25, -0.2) is 8.78 Å². The number of rotatable bonds is 8. The summed E-state index contributed by atoms with van der Waals surface area (Å²) in [4.78, 5) is 0. The van der Waals surface area contributed by atoms with Gasteiger partial charge in [0, 0.05) is 20.2 Å². The van der Waals surface area contributed by atoms with Crippen molar-refractivity contribution in [1.29, 1.82) is 0 Å². The van der Waals surface area contributed by atoms with Crippen molar-refractivity contribution in [3.8, 4) is 0 Å². The molecule has 0 aliphatic heterocycles. The van der Waals surface area contributed by atoms with Gasteiger partial charge in [-0.1, -0.05) is 13.8 Å². The predicted molar refractivity (Wildman–Crippen MR) is 80.9 cm³/mol. The maximum atomic E-state index is 13.7. The third kappa shape index (κ3) is 5.85. The van der Waals surface area contributed by atoms with Crippen LogP contribution in [-0.2, 0) is 11.2 Å². The van der Waals surface area contributed by atoms with Crippen LogP contribution >= 0.6 is 15.9 Å². The second kappa shape index (κ2) is 8.05. The van der Waals surface area contributed by atoms with E-state index in [1.807, 2.05) is 0 Å². The van der Waals surface area contributed by atoms with E-state index in [0.717, 1.165) is 19.5 Å². The van der Waals surface area contributed by atoms with Crippen LogP contribution in [0.1, 0.15) is 25.8 Å². The molecule has 0 unspecified atom stereocenters. The van der Waals surface area contributed by atoms with Crippen LogP contribution in [0.25, 0.3) is 0 Å². The van der Waals surface area contributed by atoms with Crippen LogP contribution in [0.15, 0.2) is 16.6 Å². The Hall–Kier alpha value is -0.520. The summed E-state index contributed by atoms with van der Waals surface area (Å²) in [5.41, 5.74) is 0.444. The highest BCUT2D eigenvalue weighted by Crippen LogP contribution is 2.25. The molecule has 0 aliphatic carbocycles. The molecule has 0 saturated heterocycles. The molecule has 0 aliphatic rings. The summed E-state index contributed by atoms with van der Waals surface area (Å²) >= 11 is 2.98. The Morgan fingerprint density at radius 3 is 2.60 bits per heavy atom. The zero-order chi connectivity index (χ0) is 15.2. The molecule has 114 valence electrons. The Morgan fingerprint density at radius 2 is 1.95 bits per heavy atom. The lowest BCUT2D eigenvalue weighted by Gasteiger charge is -2.25. The Labute approximate surface area is 128 Å². The molecule has 0 amide bonds. The molecule has 1 rings (SSSR count). The van der Waals surface area contributed by atoms with Crippen LogP contribution in [0.3, 0.4) is 0 Å². The van der Waals surface area contributed by atoms with E-state index in [-0.39, 0.29) is 15.7 Å². The molecule has 1 aromatic rings. The zero-order valence-corrected chi connectivity index (χ0v) is 13.8. The standard InChI is InChI=1S/C15H22BrF2NO/c1-15(2,10-19-6-7-20-3)5-4-11-8-14(18)12(16)9-13(11)17/h8-9,19H,4-7,10H2,1-3H3. The Balaban J connectivity index is 2.51. The predicted octanol–water partition coefficient (Wildman–Crippen LogP) is 3.92. The first-order valence-electron chi connectivity index (χ1n) is 6.69. The van der Waals surface area contributed by atoms with Gasteiger partial charge in [-0.2, -0.15) is 0 Å². The Kier molecular flexibility index (Phi) is 7.06. The quantitative estimate of drug-likeness (QED) is 0.567. The number of benzene rings is 1. The number of nitrogens with one attached hydrogen (secondary N) is 1. The summed E-state index contributed by atoms with van der Waals surface area (Å²) in [6.45, 7) is 6.50. The van der Waals surface area contributed by atoms with Crippen molar-refractivity contribution in [2.24, 2.45) is 5.41 Å². The third-order valence-corrected chi connectivity index (χ3v) is 3.85. The highest BCUT2D eigenvalue weighted by Gasteiger charge is 2.18. The lowest BCUT2D eigenvalue weighted by atomic mass is 9.86. The average Bonchev–Trinajstić information content (AvgIpc) is 2.37. The highest BCUT2D eigenvalue weighted by atomic mass is 79.9. The van der Waals surface area contributed by atoms with Gasteiger partial charge in [0.05, 0.1) is 11.1 Å². The lowest BCUT2D eigenvalue weighted by molar-refractivity contribution is 0.193. The first-order valence-corrected chi connectivity index (χ1v) is 7.48. The van der Waals surface area contributed by atoms with E-state index in [9.17, 15) is 8.78 Å². The number of ether oxygens (including phenoxy) is 1. The van der Waals surface area contributed by atoms with Crippen molar-refractivity contribution in [3.05, 3.63) is 33.8 Å². The fraction of sp³-hybridized carbons (Fsp3) is 0.600. The van der Waals surface area contributed by atoms with Crippen molar-refractivity contribution in [3.63, 3.8) is 0 Å². The Morgan fingerprint density at radius 1 is 1.25 bits per heavy atom. The molecule has 1 aromatic carbocycles. The SMILES string of the molecule is COCCNCC(C)(C)CCc1cc(F)c(Br)cc1F. The normalized spacial score (nSPS) is 11.9. The summed E-state index contributed by atoms with van der Waals surface area (Å²) in [6.07, 6.45) is 1.31. The number of aryl methyl sites for hydroxylation is 1. The highest BCUT2D eigenvalue weighted by molar-refractivity contribution is 9.10. The smallest absolute Gasteiger partial charge is 0.137 e. The molecule has 0 bridgehead atoms. The van der Waals surface area contributed by atoms with Crippen molar-refractivity contribution in [2.75, 3.05) is 26.8 Å². The van der Waals surface area contributed by atoms with Crippen LogP contribution in [-0.4, -0.2) is 26.8 Å². The molecule has 5 heteroatoms. The molecular formula is C15H22BrF2NO. The molecule has 0 radical (unpaired) electrons. The summed E-state index contributed by atoms with van der Waals surface area (Å²) in [5, 5.41) is 3.30. The maximum Gasteiger partial charge on any atom is 0.137 e. The molecule has 0 aromatic heterocycles. The fourth-order valence-corrected chi connectivity index (χ4v) is 2.23. The number of methoxy groups -OCH3 is 1. The van der Waals surface area contributed by atoms with Crippen LogP contribution < -0.4 is 5.32 Å². The van der Waals surface area contributed by atoms with E-state index >= 15 is 0 Å². The van der Waals surface area contributed by atoms with Gasteiger partial charge in [0.2, 0.25) is 0 Å². The molecule has 0 atom stereocenters. The first kappa shape index (κ1) is 17.5. The van der Waals surface area contributed by atoms with Crippen molar-refractivity contribution in [2.45, 2.75) is 26.7 Å². The van der Waals surface area contributed by atoms with Crippen LogP contribution in [0, 0.1) is 17.0 Å². The minimum atomic E-state index is -0.419. The van der Waals surface area contributed by atoms with E-state index in [0.29, 0.717) is 18.6 Å². The van der Waals surface area contributed by atoms with Gasteiger partial charge in [-0.15, -0.1) is 0 Å². The van der Waals surface area contributed by atoms with Gasteiger partial charge in [0.1, 0.15) is 11.6 Å². The molecule has 0 spiro atoms. The molecule has 1 N–H and O–H groups in total. The minimum Gasteiger partial charge on any atom is -0.383 e. The van der Waals surface area contributed by atoms with E-state index in [2.05, 4.69) is 35.1 Å². The van der Waals surface area contributed by atoms with Gasteiger partial charge < -0.3 is 10.1 Å². The van der Waals surface area contributed by atoms with Gasteiger partial charge >= 0.3 is 0 Å². The summed E-state index contributed by atoms with van der Waals surface area (Å²) in [6, 6.07) is 2.46. The topological polar surface area (TPSA) is 21.3 Å². The molecule has 2 nitrogen and oxygen atoms in total. The van der Waals surface area contributed by atoms with Crippen molar-refractivity contribution < 1.29 is 13.5 Å². The second-order valence-electron chi connectivity index (χ2n) is 5.69. The number of hydrogen-bond donors (Lipinski definition) is 1. The largest absolute Gasteiger partial charge is 0.383 e. The molecular weight excluding hydrogens is 328 g/mol. The first-order chi connectivity index (χ1) is 9.35. The lowest BCUT2D eigenvalue weighted by Crippen LogP contribution is -2.32. The maximum absolute atomic E-state index is 13.7. The second-order valence-corrected chi connectivity index (χ2v) is 6.55. The van der Waals surface area contributed by atoms with Crippen molar-refractivity contribution >= 4 is 15.9 Å². The Bertz CT molecular complexity index is 438. The van der Waals surface area contributed by atoms with Crippen LogP contribution in [0.5, 0.6) is 0 Å². The van der Waals surface area contributed by atoms with Gasteiger partial charge in [0.15, 0.2) is 0 Å². The molecule has 0 saturated carbocycles. The average molecular weight is 350 g/mol. The van der Waals surface area contributed by atoms with Crippen LogP contribution in [0.4, 0.5) is 8.78 Å². The van der Waals surface area contributed by atoms with E-state index in [1.54, 1.807) is 7.11 Å². The van der Waals surface area contributed by atoms with E-state index < -0.39 is 5.82 Å². The van der Waals surface area contributed by atoms with Gasteiger partial charge in [-0.3, -0.25) is 0 Å². The third-order valence-electron chi connectivity index (χ3n) is 3.25. The molecule has 0 fully saturated rings. The summed E-state index contributed by atoms with van der Waals surface area (Å²) in [5.74, 6) is -0.779. The number of halogens is 3. The minimum absolute atomic E-state index is 0.0176. The van der Waals surface area contributed by atoms with E-state index in [1.165, 1.54) is 12.1 Å². The number of hydrogen-bond acceptors (Lipinski definition) is 2. The van der Waals surface area contributed by atoms with Gasteiger partial charge in [-0.05, 0) is 51.9 Å². The van der Waals surface area contributed by atoms with E-state index in [4.69, 9.17) is 4.74 Å². The monoisotopic (exact) mass is 349 g/mol. The summed E-state index contributed by atoms with van der Waals surface area (Å²) < 4.78 is 32.3. The zero-order valence-electron chi connectivity index (χ0n) is 12.2. The van der Waals surface area contributed by atoms with Gasteiger partial charge in [0.25, 0.3) is 0 Å². The molecule has 0 heterocycles. The molecule has 20 heavy (non-hydrogen) atoms.